The SMILES string of the molecule is O=C(c1ccc(Br)c(O)c1)N1CCCCCC1CBr. The van der Waals surface area contributed by atoms with Gasteiger partial charge in [0.25, 0.3) is 5.91 Å². The molecule has 0 radical (unpaired) electrons. The van der Waals surface area contributed by atoms with E-state index < -0.39 is 0 Å². The first-order chi connectivity index (χ1) is 9.13. The van der Waals surface area contributed by atoms with E-state index in [1.54, 1.807) is 12.1 Å². The van der Waals surface area contributed by atoms with Crippen LogP contribution in [0.1, 0.15) is 36.0 Å². The normalized spacial score (nSPS) is 20.1. The predicted molar refractivity (Wildman–Crippen MR) is 82.9 cm³/mol. The van der Waals surface area contributed by atoms with Crippen molar-refractivity contribution >= 4 is 37.8 Å². The molecule has 19 heavy (non-hydrogen) atoms. The molecular weight excluding hydrogens is 374 g/mol. The zero-order chi connectivity index (χ0) is 13.8. The van der Waals surface area contributed by atoms with Gasteiger partial charge in [0, 0.05) is 23.5 Å². The van der Waals surface area contributed by atoms with Gasteiger partial charge in [-0.3, -0.25) is 4.79 Å². The lowest BCUT2D eigenvalue weighted by atomic mass is 10.1. The fourth-order valence-electron chi connectivity index (χ4n) is 2.42. The van der Waals surface area contributed by atoms with E-state index in [4.69, 9.17) is 0 Å². The summed E-state index contributed by atoms with van der Waals surface area (Å²) >= 11 is 6.73. The van der Waals surface area contributed by atoms with Gasteiger partial charge in [0.05, 0.1) is 4.47 Å². The summed E-state index contributed by atoms with van der Waals surface area (Å²) in [6.45, 7) is 0.798. The number of carbonyl (C=O) groups excluding carboxylic acids is 1. The van der Waals surface area contributed by atoms with Gasteiger partial charge in [-0.15, -0.1) is 0 Å². The number of amides is 1. The number of nitrogens with zero attached hydrogens (tertiary/aromatic N) is 1. The topological polar surface area (TPSA) is 40.5 Å². The van der Waals surface area contributed by atoms with Crippen LogP contribution in [0.5, 0.6) is 5.75 Å². The number of rotatable bonds is 2. The summed E-state index contributed by atoms with van der Waals surface area (Å²) in [6.07, 6.45) is 4.45. The molecule has 1 heterocycles. The van der Waals surface area contributed by atoms with Gasteiger partial charge >= 0.3 is 0 Å². The molecule has 1 amide bonds. The van der Waals surface area contributed by atoms with E-state index in [2.05, 4.69) is 31.9 Å². The molecule has 2 rings (SSSR count). The highest BCUT2D eigenvalue weighted by atomic mass is 79.9. The lowest BCUT2D eigenvalue weighted by Gasteiger charge is -2.29. The second-order valence-electron chi connectivity index (χ2n) is 4.82. The second-order valence-corrected chi connectivity index (χ2v) is 6.32. The van der Waals surface area contributed by atoms with Gasteiger partial charge in [-0.05, 0) is 47.0 Å². The van der Waals surface area contributed by atoms with Crippen LogP contribution in [0.2, 0.25) is 0 Å². The number of hydrogen-bond donors (Lipinski definition) is 1. The summed E-state index contributed by atoms with van der Waals surface area (Å²) in [5.41, 5.74) is 0.550. The van der Waals surface area contributed by atoms with Crippen LogP contribution in [0.25, 0.3) is 0 Å². The molecule has 1 saturated heterocycles. The minimum absolute atomic E-state index is 0.00847. The molecule has 1 fully saturated rings. The Hall–Kier alpha value is -0.550. The van der Waals surface area contributed by atoms with Crippen LogP contribution in [0.4, 0.5) is 0 Å². The zero-order valence-corrected chi connectivity index (χ0v) is 13.8. The highest BCUT2D eigenvalue weighted by molar-refractivity contribution is 9.10. The summed E-state index contributed by atoms with van der Waals surface area (Å²) in [5.74, 6) is 0.116. The molecule has 3 nitrogen and oxygen atoms in total. The Labute approximate surface area is 130 Å². The first-order valence-electron chi connectivity index (χ1n) is 6.49. The average molecular weight is 391 g/mol. The van der Waals surface area contributed by atoms with Crippen molar-refractivity contribution in [3.05, 3.63) is 28.2 Å². The Morgan fingerprint density at radius 1 is 1.37 bits per heavy atom. The first-order valence-corrected chi connectivity index (χ1v) is 8.40. The van der Waals surface area contributed by atoms with Crippen molar-refractivity contribution in [2.24, 2.45) is 0 Å². The molecule has 0 aliphatic carbocycles. The number of halogens is 2. The molecule has 1 aromatic carbocycles. The highest BCUT2D eigenvalue weighted by Crippen LogP contribution is 2.26. The maximum Gasteiger partial charge on any atom is 0.254 e. The van der Waals surface area contributed by atoms with E-state index >= 15 is 0 Å². The summed E-state index contributed by atoms with van der Waals surface area (Å²) in [4.78, 5) is 14.5. The lowest BCUT2D eigenvalue weighted by Crippen LogP contribution is -2.41. The smallest absolute Gasteiger partial charge is 0.254 e. The van der Waals surface area contributed by atoms with Crippen molar-refractivity contribution in [2.75, 3.05) is 11.9 Å². The van der Waals surface area contributed by atoms with Crippen molar-refractivity contribution in [3.8, 4) is 5.75 Å². The number of carbonyl (C=O) groups is 1. The molecule has 1 aliphatic rings. The maximum absolute atomic E-state index is 12.6. The molecule has 5 heteroatoms. The van der Waals surface area contributed by atoms with Gasteiger partial charge in [-0.2, -0.15) is 0 Å². The van der Waals surface area contributed by atoms with Crippen molar-refractivity contribution < 1.29 is 9.90 Å². The van der Waals surface area contributed by atoms with E-state index in [1.165, 1.54) is 18.9 Å². The fourth-order valence-corrected chi connectivity index (χ4v) is 3.34. The molecule has 0 bridgehead atoms. The Morgan fingerprint density at radius 3 is 2.84 bits per heavy atom. The molecule has 104 valence electrons. The van der Waals surface area contributed by atoms with Crippen LogP contribution >= 0.6 is 31.9 Å². The lowest BCUT2D eigenvalue weighted by molar-refractivity contribution is 0.0702. The minimum Gasteiger partial charge on any atom is -0.507 e. The van der Waals surface area contributed by atoms with Crippen molar-refractivity contribution in [1.29, 1.82) is 0 Å². The number of phenolic OH excluding ortho intramolecular Hbond substituents is 1. The number of aromatic hydroxyl groups is 1. The molecule has 1 N–H and O–H groups in total. The van der Waals surface area contributed by atoms with Crippen LogP contribution in [0, 0.1) is 0 Å². The summed E-state index contributed by atoms with van der Waals surface area (Å²) in [5, 5.41) is 10.5. The standard InChI is InChI=1S/C14H17Br2NO2/c15-9-11-4-2-1-3-7-17(11)14(19)10-5-6-12(16)13(18)8-10/h5-6,8,11,18H,1-4,7,9H2. The Balaban J connectivity index is 2.22. The van der Waals surface area contributed by atoms with Crippen LogP contribution in [-0.2, 0) is 0 Å². The third-order valence-electron chi connectivity index (χ3n) is 3.51. The van der Waals surface area contributed by atoms with Crippen LogP contribution in [-0.4, -0.2) is 33.8 Å². The summed E-state index contributed by atoms with van der Waals surface area (Å²) in [6, 6.07) is 5.25. The van der Waals surface area contributed by atoms with Gasteiger partial charge in [-0.1, -0.05) is 28.8 Å². The van der Waals surface area contributed by atoms with Gasteiger partial charge < -0.3 is 10.0 Å². The highest BCUT2D eigenvalue weighted by Gasteiger charge is 2.25. The van der Waals surface area contributed by atoms with Crippen LogP contribution < -0.4 is 0 Å². The van der Waals surface area contributed by atoms with E-state index in [1.807, 2.05) is 4.90 Å². The van der Waals surface area contributed by atoms with E-state index in [0.29, 0.717) is 10.0 Å². The van der Waals surface area contributed by atoms with Crippen molar-refractivity contribution in [3.63, 3.8) is 0 Å². The monoisotopic (exact) mass is 389 g/mol. The van der Waals surface area contributed by atoms with Crippen LogP contribution in [0.15, 0.2) is 22.7 Å². The van der Waals surface area contributed by atoms with E-state index in [0.717, 1.165) is 24.7 Å². The third-order valence-corrected chi connectivity index (χ3v) is 4.93. The van der Waals surface area contributed by atoms with Gasteiger partial charge in [0.2, 0.25) is 0 Å². The Kier molecular flexibility index (Phi) is 5.28. The number of alkyl halides is 1. The second kappa shape index (κ2) is 6.75. The molecule has 1 atom stereocenters. The van der Waals surface area contributed by atoms with E-state index in [-0.39, 0.29) is 17.7 Å². The van der Waals surface area contributed by atoms with E-state index in [9.17, 15) is 9.90 Å². The number of hydrogen-bond acceptors (Lipinski definition) is 2. The molecule has 1 aliphatic heterocycles. The number of phenols is 1. The molecule has 1 unspecified atom stereocenters. The Bertz CT molecular complexity index is 465. The zero-order valence-electron chi connectivity index (χ0n) is 10.6. The van der Waals surface area contributed by atoms with Crippen LogP contribution in [0.3, 0.4) is 0 Å². The summed E-state index contributed by atoms with van der Waals surface area (Å²) in [7, 11) is 0. The number of benzene rings is 1. The maximum atomic E-state index is 12.6. The largest absolute Gasteiger partial charge is 0.507 e. The first kappa shape index (κ1) is 14.9. The third kappa shape index (κ3) is 3.51. The van der Waals surface area contributed by atoms with Crippen molar-refractivity contribution in [1.82, 2.24) is 4.90 Å². The summed E-state index contributed by atoms with van der Waals surface area (Å²) < 4.78 is 0.608. The van der Waals surface area contributed by atoms with Crippen molar-refractivity contribution in [2.45, 2.75) is 31.7 Å². The average Bonchev–Trinajstić information content (AvgIpc) is 2.66. The number of likely N-dealkylation sites (tertiary alicyclic amines) is 1. The quantitative estimate of drug-likeness (QED) is 0.777. The van der Waals surface area contributed by atoms with Gasteiger partial charge in [0.15, 0.2) is 0 Å². The van der Waals surface area contributed by atoms with Gasteiger partial charge in [-0.25, -0.2) is 0 Å². The molecular formula is C14H17Br2NO2. The Morgan fingerprint density at radius 2 is 2.16 bits per heavy atom. The molecule has 1 aromatic rings. The fraction of sp³-hybridized carbons (Fsp3) is 0.500. The van der Waals surface area contributed by atoms with Gasteiger partial charge in [0.1, 0.15) is 5.75 Å². The molecule has 0 spiro atoms. The predicted octanol–water partition coefficient (Wildman–Crippen LogP) is 3.93. The molecule has 0 aromatic heterocycles. The molecule has 0 saturated carbocycles. The minimum atomic E-state index is 0.00847.